The zero-order chi connectivity index (χ0) is 22.3. The van der Waals surface area contributed by atoms with Crippen molar-refractivity contribution in [2.24, 2.45) is 0 Å². The van der Waals surface area contributed by atoms with Gasteiger partial charge >= 0.3 is 0 Å². The molecule has 0 saturated carbocycles. The summed E-state index contributed by atoms with van der Waals surface area (Å²) in [6.45, 7) is 4.27. The number of rotatable bonds is 10. The number of methoxy groups -OCH3 is 2. The zero-order valence-corrected chi connectivity index (χ0v) is 18.7. The van der Waals surface area contributed by atoms with E-state index in [1.165, 1.54) is 27.2 Å². The Hall–Kier alpha value is -2.94. The van der Waals surface area contributed by atoms with Crippen LogP contribution in [0.2, 0.25) is 0 Å². The molecule has 0 radical (unpaired) electrons. The Labute approximate surface area is 177 Å². The predicted octanol–water partition coefficient (Wildman–Crippen LogP) is 2.57. The summed E-state index contributed by atoms with van der Waals surface area (Å²) < 4.78 is 41.8. The number of anilines is 1. The normalized spacial score (nSPS) is 12.0. The van der Waals surface area contributed by atoms with Crippen molar-refractivity contribution in [1.29, 1.82) is 0 Å². The molecule has 2 aromatic rings. The summed E-state index contributed by atoms with van der Waals surface area (Å²) in [5, 5.41) is 2.78. The highest BCUT2D eigenvalue weighted by atomic mass is 32.2. The molecule has 0 saturated heterocycles. The summed E-state index contributed by atoms with van der Waals surface area (Å²) in [4.78, 5) is 12.7. The minimum Gasteiger partial charge on any atom is -0.494 e. The average Bonchev–Trinajstić information content (AvgIpc) is 2.72. The van der Waals surface area contributed by atoms with Gasteiger partial charge in [0.2, 0.25) is 15.9 Å². The molecular weight excluding hydrogens is 408 g/mol. The van der Waals surface area contributed by atoms with E-state index >= 15 is 0 Å². The number of hydrogen-bond donors (Lipinski definition) is 1. The summed E-state index contributed by atoms with van der Waals surface area (Å²) >= 11 is 0. The number of ether oxygens (including phenoxy) is 3. The lowest BCUT2D eigenvalue weighted by Crippen LogP contribution is -2.47. The van der Waals surface area contributed by atoms with Crippen LogP contribution >= 0.6 is 0 Å². The molecule has 30 heavy (non-hydrogen) atoms. The molecule has 164 valence electrons. The minimum atomic E-state index is -3.74. The van der Waals surface area contributed by atoms with Crippen LogP contribution in [-0.4, -0.2) is 47.4 Å². The van der Waals surface area contributed by atoms with Gasteiger partial charge in [0.15, 0.2) is 11.5 Å². The monoisotopic (exact) mass is 436 g/mol. The Morgan fingerprint density at radius 2 is 1.70 bits per heavy atom. The third-order valence-corrected chi connectivity index (χ3v) is 5.65. The summed E-state index contributed by atoms with van der Waals surface area (Å²) in [5.74, 6) is 1.15. The fourth-order valence-electron chi connectivity index (χ4n) is 2.98. The van der Waals surface area contributed by atoms with Crippen molar-refractivity contribution in [3.63, 3.8) is 0 Å². The molecule has 9 heteroatoms. The van der Waals surface area contributed by atoms with Crippen molar-refractivity contribution in [2.75, 3.05) is 31.4 Å². The molecule has 1 N–H and O–H groups in total. The molecule has 0 bridgehead atoms. The van der Waals surface area contributed by atoms with E-state index in [0.717, 1.165) is 21.9 Å². The van der Waals surface area contributed by atoms with E-state index in [4.69, 9.17) is 14.2 Å². The lowest BCUT2D eigenvalue weighted by molar-refractivity contribution is -0.122. The van der Waals surface area contributed by atoms with Gasteiger partial charge in [-0.1, -0.05) is 12.1 Å². The van der Waals surface area contributed by atoms with E-state index in [1.807, 2.05) is 31.2 Å². The highest BCUT2D eigenvalue weighted by Crippen LogP contribution is 2.33. The van der Waals surface area contributed by atoms with Crippen molar-refractivity contribution in [1.82, 2.24) is 5.32 Å². The Morgan fingerprint density at radius 3 is 2.23 bits per heavy atom. The summed E-state index contributed by atoms with van der Waals surface area (Å²) in [6.07, 6.45) is 1.06. The van der Waals surface area contributed by atoms with Gasteiger partial charge in [-0.15, -0.1) is 0 Å². The van der Waals surface area contributed by atoms with Gasteiger partial charge in [-0.3, -0.25) is 9.10 Å². The molecule has 0 aliphatic carbocycles. The van der Waals surface area contributed by atoms with Gasteiger partial charge in [0.25, 0.3) is 0 Å². The van der Waals surface area contributed by atoms with Crippen LogP contribution in [0.15, 0.2) is 42.5 Å². The molecule has 2 aromatic carbocycles. The van der Waals surface area contributed by atoms with Crippen LogP contribution in [0.3, 0.4) is 0 Å². The first-order valence-electron chi connectivity index (χ1n) is 9.42. The maximum Gasteiger partial charge on any atom is 0.243 e. The molecule has 0 spiro atoms. The Bertz CT molecular complexity index is 960. The first kappa shape index (κ1) is 23.3. The van der Waals surface area contributed by atoms with E-state index in [1.54, 1.807) is 12.1 Å². The number of benzene rings is 2. The van der Waals surface area contributed by atoms with Crippen molar-refractivity contribution in [3.8, 4) is 17.2 Å². The Kier molecular flexibility index (Phi) is 7.93. The maximum absolute atomic E-state index is 12.7. The van der Waals surface area contributed by atoms with Crippen molar-refractivity contribution in [3.05, 3.63) is 48.0 Å². The molecule has 0 aliphatic rings. The second kappa shape index (κ2) is 10.2. The van der Waals surface area contributed by atoms with E-state index in [9.17, 15) is 13.2 Å². The van der Waals surface area contributed by atoms with Crippen LogP contribution in [0, 0.1) is 0 Å². The number of carbonyl (C=O) groups is 1. The van der Waals surface area contributed by atoms with E-state index < -0.39 is 22.0 Å². The Morgan fingerprint density at radius 1 is 1.07 bits per heavy atom. The second-order valence-corrected chi connectivity index (χ2v) is 8.43. The van der Waals surface area contributed by atoms with Crippen molar-refractivity contribution in [2.45, 2.75) is 26.4 Å². The molecule has 2 rings (SSSR count). The van der Waals surface area contributed by atoms with Crippen LogP contribution < -0.4 is 23.8 Å². The topological polar surface area (TPSA) is 94.2 Å². The third kappa shape index (κ3) is 5.79. The number of amides is 1. The van der Waals surface area contributed by atoms with Crippen LogP contribution in [0.5, 0.6) is 17.2 Å². The van der Waals surface area contributed by atoms with Crippen LogP contribution in [-0.2, 0) is 21.4 Å². The first-order valence-corrected chi connectivity index (χ1v) is 11.3. The molecule has 1 amide bonds. The number of nitrogens with one attached hydrogen (secondary N) is 1. The molecule has 0 heterocycles. The highest BCUT2D eigenvalue weighted by Gasteiger charge is 2.29. The molecule has 1 unspecified atom stereocenters. The van der Waals surface area contributed by atoms with Crippen LogP contribution in [0.1, 0.15) is 19.4 Å². The standard InChI is InChI=1S/C21H28N2O6S/c1-6-29-18-10-7-16(8-11-18)14-22-21(24)15(2)23(30(5,25)26)17-9-12-19(27-3)20(13-17)28-4/h7-13,15H,6,14H2,1-5H3,(H,22,24). The highest BCUT2D eigenvalue weighted by molar-refractivity contribution is 7.92. The fourth-order valence-corrected chi connectivity index (χ4v) is 4.14. The van der Waals surface area contributed by atoms with Gasteiger partial charge in [-0.25, -0.2) is 8.42 Å². The largest absolute Gasteiger partial charge is 0.494 e. The number of carbonyl (C=O) groups excluding carboxylic acids is 1. The maximum atomic E-state index is 12.7. The van der Waals surface area contributed by atoms with E-state index in [2.05, 4.69) is 5.32 Å². The quantitative estimate of drug-likeness (QED) is 0.615. The molecule has 1 atom stereocenters. The SMILES string of the molecule is CCOc1ccc(CNC(=O)C(C)N(c2ccc(OC)c(OC)c2)S(C)(=O)=O)cc1. The minimum absolute atomic E-state index is 0.263. The van der Waals surface area contributed by atoms with E-state index in [0.29, 0.717) is 23.8 Å². The molecule has 0 fully saturated rings. The zero-order valence-electron chi connectivity index (χ0n) is 17.8. The first-order chi connectivity index (χ1) is 14.2. The van der Waals surface area contributed by atoms with Gasteiger partial charge in [0.1, 0.15) is 11.8 Å². The molecule has 0 aromatic heterocycles. The third-order valence-electron chi connectivity index (χ3n) is 4.41. The average molecular weight is 437 g/mol. The van der Waals surface area contributed by atoms with Gasteiger partial charge in [-0.2, -0.15) is 0 Å². The number of sulfonamides is 1. The summed E-state index contributed by atoms with van der Waals surface area (Å²) in [5.41, 5.74) is 1.18. The van der Waals surface area contributed by atoms with Gasteiger partial charge in [-0.05, 0) is 43.7 Å². The molecule has 0 aliphatic heterocycles. The lowest BCUT2D eigenvalue weighted by Gasteiger charge is -2.28. The molecular formula is C21H28N2O6S. The lowest BCUT2D eigenvalue weighted by atomic mass is 10.2. The van der Waals surface area contributed by atoms with Gasteiger partial charge in [0.05, 0.1) is 32.8 Å². The van der Waals surface area contributed by atoms with Gasteiger partial charge in [0, 0.05) is 12.6 Å². The second-order valence-electron chi connectivity index (χ2n) is 6.57. The predicted molar refractivity (Wildman–Crippen MR) is 116 cm³/mol. The van der Waals surface area contributed by atoms with Gasteiger partial charge < -0.3 is 19.5 Å². The number of nitrogens with zero attached hydrogens (tertiary/aromatic N) is 1. The Balaban J connectivity index is 2.18. The van der Waals surface area contributed by atoms with Crippen molar-refractivity contribution >= 4 is 21.6 Å². The number of hydrogen-bond acceptors (Lipinski definition) is 6. The smallest absolute Gasteiger partial charge is 0.243 e. The summed E-state index contributed by atoms with van der Waals surface area (Å²) in [7, 11) is -0.795. The van der Waals surface area contributed by atoms with E-state index in [-0.39, 0.29) is 6.54 Å². The van der Waals surface area contributed by atoms with Crippen LogP contribution in [0.25, 0.3) is 0 Å². The van der Waals surface area contributed by atoms with Crippen LogP contribution in [0.4, 0.5) is 5.69 Å². The molecule has 8 nitrogen and oxygen atoms in total. The van der Waals surface area contributed by atoms with Crippen molar-refractivity contribution < 1.29 is 27.4 Å². The fraction of sp³-hybridized carbons (Fsp3) is 0.381. The summed E-state index contributed by atoms with van der Waals surface area (Å²) in [6, 6.07) is 11.0.